The fourth-order valence-electron chi connectivity index (χ4n) is 2.93. The second-order valence-corrected chi connectivity index (χ2v) is 7.85. The van der Waals surface area contributed by atoms with E-state index in [4.69, 9.17) is 45.5 Å². The molecule has 0 bridgehead atoms. The Kier molecular flexibility index (Phi) is 9.04. The number of aliphatic carboxylic acids is 1. The SMILES string of the molecule is N=C(N)Nc1cc(NC(=N)N)cc(C(=O)NCC(=O)NC(CC(=O)O)c2cc(Cl)cc(Cl)c2)c1. The van der Waals surface area contributed by atoms with Crippen LogP contribution in [0, 0.1) is 10.8 Å². The van der Waals surface area contributed by atoms with Gasteiger partial charge in [0.15, 0.2) is 11.9 Å². The highest BCUT2D eigenvalue weighted by Crippen LogP contribution is 2.25. The quantitative estimate of drug-likeness (QED) is 0.178. The highest BCUT2D eigenvalue weighted by Gasteiger charge is 2.20. The second kappa shape index (κ2) is 11.7. The first-order valence-electron chi connectivity index (χ1n) is 9.55. The van der Waals surface area contributed by atoms with Crippen molar-refractivity contribution in [3.63, 3.8) is 0 Å². The molecule has 0 aliphatic rings. The summed E-state index contributed by atoms with van der Waals surface area (Å²) < 4.78 is 0. The number of carbonyl (C=O) groups is 3. The number of halogens is 2. The molecule has 1 atom stereocenters. The molecule has 2 amide bonds. The third-order valence-corrected chi connectivity index (χ3v) is 4.60. The second-order valence-electron chi connectivity index (χ2n) is 6.98. The number of carboxylic acids is 1. The van der Waals surface area contributed by atoms with Crippen molar-refractivity contribution in [2.24, 2.45) is 11.5 Å². The van der Waals surface area contributed by atoms with E-state index in [1.54, 1.807) is 0 Å². The number of benzene rings is 2. The van der Waals surface area contributed by atoms with Gasteiger partial charge < -0.3 is 37.8 Å². The van der Waals surface area contributed by atoms with Gasteiger partial charge in [0.05, 0.1) is 19.0 Å². The largest absolute Gasteiger partial charge is 0.481 e. The average molecular weight is 509 g/mol. The van der Waals surface area contributed by atoms with E-state index in [9.17, 15) is 19.5 Å². The molecule has 0 spiro atoms. The molecule has 180 valence electrons. The summed E-state index contributed by atoms with van der Waals surface area (Å²) in [5.74, 6) is -3.23. The molecule has 0 aromatic heterocycles. The van der Waals surface area contributed by atoms with Crippen molar-refractivity contribution in [1.29, 1.82) is 10.8 Å². The summed E-state index contributed by atoms with van der Waals surface area (Å²) in [6.45, 7) is -0.469. The summed E-state index contributed by atoms with van der Waals surface area (Å²) in [5, 5.41) is 34.4. The minimum absolute atomic E-state index is 0.0755. The maximum absolute atomic E-state index is 12.6. The number of carbonyl (C=O) groups excluding carboxylic acids is 2. The third kappa shape index (κ3) is 8.48. The fourth-order valence-corrected chi connectivity index (χ4v) is 3.47. The molecule has 0 aliphatic heterocycles. The van der Waals surface area contributed by atoms with Gasteiger partial charge in [0.25, 0.3) is 5.91 Å². The highest BCUT2D eigenvalue weighted by atomic mass is 35.5. The van der Waals surface area contributed by atoms with Gasteiger partial charge in [-0.25, -0.2) is 0 Å². The minimum atomic E-state index is -1.16. The van der Waals surface area contributed by atoms with E-state index in [2.05, 4.69) is 21.3 Å². The van der Waals surface area contributed by atoms with Crippen LogP contribution in [-0.2, 0) is 9.59 Å². The van der Waals surface area contributed by atoms with Crippen molar-refractivity contribution in [3.8, 4) is 0 Å². The lowest BCUT2D eigenvalue weighted by Crippen LogP contribution is -2.39. The number of guanidine groups is 2. The van der Waals surface area contributed by atoms with Gasteiger partial charge in [0, 0.05) is 27.0 Å². The first kappa shape index (κ1) is 26.2. The normalized spacial score (nSPS) is 11.1. The van der Waals surface area contributed by atoms with Crippen LogP contribution in [0.2, 0.25) is 10.0 Å². The average Bonchev–Trinajstić information content (AvgIpc) is 2.69. The minimum Gasteiger partial charge on any atom is -0.481 e. The Morgan fingerprint density at radius 2 is 1.44 bits per heavy atom. The molecule has 0 fully saturated rings. The van der Waals surface area contributed by atoms with Gasteiger partial charge in [-0.15, -0.1) is 0 Å². The van der Waals surface area contributed by atoms with E-state index in [0.717, 1.165) is 0 Å². The predicted octanol–water partition coefficient (Wildman–Crippen LogP) is 1.67. The number of amides is 2. The van der Waals surface area contributed by atoms with Gasteiger partial charge in [-0.3, -0.25) is 25.2 Å². The summed E-state index contributed by atoms with van der Waals surface area (Å²) in [7, 11) is 0. The molecule has 14 heteroatoms. The van der Waals surface area contributed by atoms with Crippen LogP contribution in [0.4, 0.5) is 11.4 Å². The Bertz CT molecular complexity index is 1090. The van der Waals surface area contributed by atoms with Crippen LogP contribution in [-0.4, -0.2) is 41.4 Å². The number of anilines is 2. The van der Waals surface area contributed by atoms with Gasteiger partial charge in [-0.2, -0.15) is 0 Å². The molecule has 0 saturated heterocycles. The molecular formula is C20H22Cl2N8O4. The summed E-state index contributed by atoms with van der Waals surface area (Å²) in [6, 6.07) is 7.72. The number of rotatable bonds is 9. The van der Waals surface area contributed by atoms with E-state index in [1.807, 2.05) is 0 Å². The maximum atomic E-state index is 12.6. The van der Waals surface area contributed by atoms with E-state index in [1.165, 1.54) is 36.4 Å². The first-order valence-corrected chi connectivity index (χ1v) is 10.3. The zero-order chi connectivity index (χ0) is 25.4. The lowest BCUT2D eigenvalue weighted by molar-refractivity contribution is -0.137. The van der Waals surface area contributed by atoms with Crippen LogP contribution >= 0.6 is 23.2 Å². The maximum Gasteiger partial charge on any atom is 0.305 e. The predicted molar refractivity (Wildman–Crippen MR) is 129 cm³/mol. The van der Waals surface area contributed by atoms with Crippen LogP contribution in [0.15, 0.2) is 36.4 Å². The molecule has 0 saturated carbocycles. The molecule has 2 rings (SSSR count). The Labute approximate surface area is 204 Å². The van der Waals surface area contributed by atoms with Crippen molar-refractivity contribution in [2.45, 2.75) is 12.5 Å². The summed E-state index contributed by atoms with van der Waals surface area (Å²) in [4.78, 5) is 36.3. The van der Waals surface area contributed by atoms with E-state index < -0.39 is 36.8 Å². The number of nitrogens with two attached hydrogens (primary N) is 2. The Morgan fingerprint density at radius 1 is 0.912 bits per heavy atom. The van der Waals surface area contributed by atoms with E-state index in [-0.39, 0.29) is 38.9 Å². The zero-order valence-corrected chi connectivity index (χ0v) is 19.1. The standard InChI is InChI=1S/C20H22Cl2N8O4/c21-11-1-9(2-12(22)5-11)15(7-17(32)33)30-16(31)8-27-18(34)10-3-13(28-19(23)24)6-14(4-10)29-20(25)26/h1-6,15H,7-8H2,(H,27,34)(H,30,31)(H,32,33)(H4,23,24,28)(H4,25,26,29). The Balaban J connectivity index is 2.13. The number of nitrogens with one attached hydrogen (secondary N) is 6. The van der Waals surface area contributed by atoms with Crippen LogP contribution in [0.1, 0.15) is 28.4 Å². The van der Waals surface area contributed by atoms with Gasteiger partial charge in [0.2, 0.25) is 5.91 Å². The van der Waals surface area contributed by atoms with Crippen molar-refractivity contribution in [3.05, 3.63) is 57.6 Å². The molecule has 12 nitrogen and oxygen atoms in total. The fraction of sp³-hybridized carbons (Fsp3) is 0.150. The monoisotopic (exact) mass is 508 g/mol. The molecule has 34 heavy (non-hydrogen) atoms. The topological polar surface area (TPSA) is 219 Å². The summed E-state index contributed by atoms with van der Waals surface area (Å²) in [6.07, 6.45) is -0.435. The van der Waals surface area contributed by atoms with Gasteiger partial charge in [0.1, 0.15) is 0 Å². The molecule has 2 aromatic carbocycles. The molecule has 0 heterocycles. The van der Waals surface area contributed by atoms with E-state index >= 15 is 0 Å². The van der Waals surface area contributed by atoms with Crippen LogP contribution in [0.3, 0.4) is 0 Å². The number of carboxylic acid groups (broad SMARTS) is 1. The van der Waals surface area contributed by atoms with Crippen molar-refractivity contribution in [2.75, 3.05) is 17.2 Å². The smallest absolute Gasteiger partial charge is 0.305 e. The molecule has 1 unspecified atom stereocenters. The molecular weight excluding hydrogens is 487 g/mol. The van der Waals surface area contributed by atoms with Gasteiger partial charge >= 0.3 is 5.97 Å². The number of hydrogen-bond acceptors (Lipinski definition) is 5. The zero-order valence-electron chi connectivity index (χ0n) is 17.5. The molecule has 0 aliphatic carbocycles. The molecule has 2 aromatic rings. The van der Waals surface area contributed by atoms with Crippen LogP contribution in [0.25, 0.3) is 0 Å². The van der Waals surface area contributed by atoms with Crippen LogP contribution < -0.4 is 32.7 Å². The number of hydrogen-bond donors (Lipinski definition) is 9. The van der Waals surface area contributed by atoms with Gasteiger partial charge in [-0.1, -0.05) is 23.2 Å². The van der Waals surface area contributed by atoms with Crippen molar-refractivity contribution >= 4 is 64.3 Å². The molecule has 0 radical (unpaired) electrons. The van der Waals surface area contributed by atoms with E-state index in [0.29, 0.717) is 5.56 Å². The lowest BCUT2D eigenvalue weighted by Gasteiger charge is -2.18. The summed E-state index contributed by atoms with van der Waals surface area (Å²) in [5.41, 5.74) is 11.7. The van der Waals surface area contributed by atoms with Crippen molar-refractivity contribution < 1.29 is 19.5 Å². The van der Waals surface area contributed by atoms with Crippen molar-refractivity contribution in [1.82, 2.24) is 10.6 Å². The lowest BCUT2D eigenvalue weighted by atomic mass is 10.0. The first-order chi connectivity index (χ1) is 15.9. The highest BCUT2D eigenvalue weighted by molar-refractivity contribution is 6.34. The Morgan fingerprint density at radius 3 is 1.91 bits per heavy atom. The molecule has 11 N–H and O–H groups in total. The summed E-state index contributed by atoms with van der Waals surface area (Å²) >= 11 is 11.9. The Hall–Kier alpha value is -4.03. The third-order valence-electron chi connectivity index (χ3n) is 4.16. The van der Waals surface area contributed by atoms with Gasteiger partial charge in [-0.05, 0) is 42.0 Å². The van der Waals surface area contributed by atoms with Crippen LogP contribution in [0.5, 0.6) is 0 Å².